The Morgan fingerprint density at radius 1 is 1.00 bits per heavy atom. The van der Waals surface area contributed by atoms with Crippen molar-refractivity contribution in [1.82, 2.24) is 9.21 Å². The van der Waals surface area contributed by atoms with Gasteiger partial charge in [-0.3, -0.25) is 4.79 Å². The molecule has 2 fully saturated rings. The Labute approximate surface area is 215 Å². The predicted molar refractivity (Wildman–Crippen MR) is 142 cm³/mol. The lowest BCUT2D eigenvalue weighted by atomic mass is 9.88. The highest BCUT2D eigenvalue weighted by Crippen LogP contribution is 2.45. The van der Waals surface area contributed by atoms with Gasteiger partial charge >= 0.3 is 0 Å². The molecule has 8 heteroatoms. The number of benzene rings is 2. The zero-order valence-electron chi connectivity index (χ0n) is 21.0. The Kier molecular flexibility index (Phi) is 7.36. The van der Waals surface area contributed by atoms with Gasteiger partial charge in [-0.25, -0.2) is 8.42 Å². The SMILES string of the molecule is Cc1ccc2c(c1)C1CN(C)CCC1N2C(=O)c1cccc(S(=O)(=O)N2CC(C)CC(C)C2)c1.Cl. The van der Waals surface area contributed by atoms with Gasteiger partial charge in [0.25, 0.3) is 5.91 Å². The molecule has 0 aliphatic carbocycles. The summed E-state index contributed by atoms with van der Waals surface area (Å²) in [4.78, 5) is 18.4. The summed E-state index contributed by atoms with van der Waals surface area (Å²) in [7, 11) is -1.52. The molecule has 2 aromatic rings. The van der Waals surface area contributed by atoms with E-state index in [0.717, 1.165) is 31.6 Å². The van der Waals surface area contributed by atoms with E-state index in [0.29, 0.717) is 30.5 Å². The molecule has 190 valence electrons. The smallest absolute Gasteiger partial charge is 0.258 e. The first-order valence-corrected chi connectivity index (χ1v) is 13.8. The van der Waals surface area contributed by atoms with Gasteiger partial charge in [-0.1, -0.05) is 37.6 Å². The summed E-state index contributed by atoms with van der Waals surface area (Å²) in [5.74, 6) is 0.823. The molecule has 35 heavy (non-hydrogen) atoms. The van der Waals surface area contributed by atoms with Gasteiger partial charge < -0.3 is 9.80 Å². The molecule has 4 atom stereocenters. The van der Waals surface area contributed by atoms with Crippen LogP contribution in [0.1, 0.15) is 54.1 Å². The first-order chi connectivity index (χ1) is 16.1. The molecule has 5 rings (SSSR count). The van der Waals surface area contributed by atoms with Crippen LogP contribution < -0.4 is 4.90 Å². The van der Waals surface area contributed by atoms with E-state index in [2.05, 4.69) is 50.9 Å². The molecule has 6 nitrogen and oxygen atoms in total. The number of likely N-dealkylation sites (tertiary alicyclic amines) is 1. The summed E-state index contributed by atoms with van der Waals surface area (Å²) in [6.45, 7) is 9.21. The molecule has 2 aromatic carbocycles. The number of sulfonamides is 1. The third-order valence-electron chi connectivity index (χ3n) is 7.73. The normalized spacial score (nSPS) is 27.1. The van der Waals surface area contributed by atoms with E-state index in [9.17, 15) is 13.2 Å². The van der Waals surface area contributed by atoms with Crippen LogP contribution in [-0.4, -0.2) is 62.8 Å². The maximum absolute atomic E-state index is 13.9. The Morgan fingerprint density at radius 3 is 2.43 bits per heavy atom. The van der Waals surface area contributed by atoms with Crippen molar-refractivity contribution in [1.29, 1.82) is 0 Å². The van der Waals surface area contributed by atoms with Crippen molar-refractivity contribution < 1.29 is 13.2 Å². The van der Waals surface area contributed by atoms with Crippen LogP contribution in [0.3, 0.4) is 0 Å². The van der Waals surface area contributed by atoms with Gasteiger partial charge in [0.15, 0.2) is 0 Å². The quantitative estimate of drug-likeness (QED) is 0.600. The highest BCUT2D eigenvalue weighted by molar-refractivity contribution is 7.89. The predicted octanol–water partition coefficient (Wildman–Crippen LogP) is 4.53. The molecular formula is C27H36ClN3O3S. The molecule has 0 N–H and O–H groups in total. The first-order valence-electron chi connectivity index (χ1n) is 12.4. The van der Waals surface area contributed by atoms with E-state index in [4.69, 9.17) is 0 Å². The third kappa shape index (κ3) is 4.76. The van der Waals surface area contributed by atoms with Crippen LogP contribution in [-0.2, 0) is 10.0 Å². The molecule has 1 amide bonds. The summed E-state index contributed by atoms with van der Waals surface area (Å²) in [6.07, 6.45) is 1.94. The van der Waals surface area contributed by atoms with E-state index in [1.54, 1.807) is 28.6 Å². The Hall–Kier alpha value is -1.93. The number of nitrogens with zero attached hydrogens (tertiary/aromatic N) is 3. The zero-order valence-corrected chi connectivity index (χ0v) is 22.6. The molecular weight excluding hydrogens is 482 g/mol. The highest BCUT2D eigenvalue weighted by atomic mass is 35.5. The van der Waals surface area contributed by atoms with Crippen LogP contribution in [0.25, 0.3) is 0 Å². The van der Waals surface area contributed by atoms with E-state index < -0.39 is 10.0 Å². The number of anilines is 1. The second-order valence-electron chi connectivity index (χ2n) is 10.8. The van der Waals surface area contributed by atoms with Crippen molar-refractivity contribution >= 4 is 34.0 Å². The average molecular weight is 518 g/mol. The van der Waals surface area contributed by atoms with E-state index in [1.807, 2.05) is 4.90 Å². The van der Waals surface area contributed by atoms with E-state index >= 15 is 0 Å². The average Bonchev–Trinajstić information content (AvgIpc) is 3.10. The number of carbonyl (C=O) groups excluding carboxylic acids is 1. The molecule has 4 unspecified atom stereocenters. The van der Waals surface area contributed by atoms with Crippen LogP contribution in [0.5, 0.6) is 0 Å². The summed E-state index contributed by atoms with van der Waals surface area (Å²) in [6, 6.07) is 13.1. The fourth-order valence-corrected chi connectivity index (χ4v) is 7.95. The molecule has 0 radical (unpaired) electrons. The highest BCUT2D eigenvalue weighted by Gasteiger charge is 2.44. The van der Waals surface area contributed by atoms with E-state index in [-0.39, 0.29) is 35.2 Å². The molecule has 3 aliphatic heterocycles. The molecule has 0 spiro atoms. The van der Waals surface area contributed by atoms with Gasteiger partial charge in [-0.05, 0) is 75.0 Å². The van der Waals surface area contributed by atoms with Gasteiger partial charge in [0.05, 0.1) is 4.90 Å². The lowest BCUT2D eigenvalue weighted by Gasteiger charge is -2.36. The second kappa shape index (κ2) is 9.85. The first kappa shape index (κ1) is 26.1. The zero-order chi connectivity index (χ0) is 24.2. The van der Waals surface area contributed by atoms with Crippen LogP contribution >= 0.6 is 12.4 Å². The van der Waals surface area contributed by atoms with Gasteiger partial charge in [-0.15, -0.1) is 12.4 Å². The topological polar surface area (TPSA) is 60.9 Å². The van der Waals surface area contributed by atoms with Crippen molar-refractivity contribution in [3.8, 4) is 0 Å². The molecule has 0 aromatic heterocycles. The summed E-state index contributed by atoms with van der Waals surface area (Å²) in [5.41, 5.74) is 3.82. The fraction of sp³-hybridized carbons (Fsp3) is 0.519. The number of amides is 1. The molecule has 3 aliphatic rings. The van der Waals surface area contributed by atoms with Gasteiger partial charge in [0, 0.05) is 42.8 Å². The second-order valence-corrected chi connectivity index (χ2v) is 12.7. The number of hydrogen-bond acceptors (Lipinski definition) is 4. The van der Waals surface area contributed by atoms with Crippen molar-refractivity contribution in [2.75, 3.05) is 38.1 Å². The minimum Gasteiger partial charge on any atom is -0.306 e. The summed E-state index contributed by atoms with van der Waals surface area (Å²) < 4.78 is 28.5. The van der Waals surface area contributed by atoms with Gasteiger partial charge in [0.2, 0.25) is 10.0 Å². The molecule has 0 saturated carbocycles. The summed E-state index contributed by atoms with van der Waals surface area (Å²) >= 11 is 0. The van der Waals surface area contributed by atoms with Crippen molar-refractivity contribution in [3.63, 3.8) is 0 Å². The standard InChI is InChI=1S/C27H35N3O3S.ClH/c1-18-8-9-25-23(13-18)24-17-28(4)11-10-26(24)30(25)27(31)21-6-5-7-22(14-21)34(32,33)29-15-19(2)12-20(3)16-29;/h5-9,13-14,19-20,24,26H,10-12,15-17H2,1-4H3;1H. The lowest BCUT2D eigenvalue weighted by Crippen LogP contribution is -2.47. The van der Waals surface area contributed by atoms with Crippen LogP contribution in [0.15, 0.2) is 47.4 Å². The van der Waals surface area contributed by atoms with Crippen molar-refractivity contribution in [3.05, 3.63) is 59.2 Å². The maximum Gasteiger partial charge on any atom is 0.258 e. The number of piperidine rings is 2. The van der Waals surface area contributed by atoms with Crippen molar-refractivity contribution in [2.24, 2.45) is 11.8 Å². The molecule has 0 bridgehead atoms. The minimum absolute atomic E-state index is 0. The Balaban J connectivity index is 0.00000289. The lowest BCUT2D eigenvalue weighted by molar-refractivity contribution is 0.0964. The van der Waals surface area contributed by atoms with E-state index in [1.165, 1.54) is 11.1 Å². The fourth-order valence-electron chi connectivity index (χ4n) is 6.23. The van der Waals surface area contributed by atoms with Gasteiger partial charge in [0.1, 0.15) is 0 Å². The third-order valence-corrected chi connectivity index (χ3v) is 9.55. The number of fused-ring (bicyclic) bond motifs is 3. The Morgan fingerprint density at radius 2 is 1.71 bits per heavy atom. The minimum atomic E-state index is -3.65. The number of aryl methyl sites for hydroxylation is 1. The van der Waals surface area contributed by atoms with Crippen LogP contribution in [0.2, 0.25) is 0 Å². The number of hydrogen-bond donors (Lipinski definition) is 0. The number of carbonyl (C=O) groups is 1. The van der Waals surface area contributed by atoms with Crippen molar-refractivity contribution in [2.45, 2.75) is 50.5 Å². The number of halogens is 1. The monoisotopic (exact) mass is 517 g/mol. The molecule has 3 heterocycles. The largest absolute Gasteiger partial charge is 0.306 e. The van der Waals surface area contributed by atoms with Crippen LogP contribution in [0, 0.1) is 18.8 Å². The maximum atomic E-state index is 13.9. The van der Waals surface area contributed by atoms with Crippen LogP contribution in [0.4, 0.5) is 5.69 Å². The Bertz CT molecular complexity index is 1210. The number of likely N-dealkylation sites (N-methyl/N-ethyl adjacent to an activating group) is 1. The summed E-state index contributed by atoms with van der Waals surface area (Å²) in [5, 5.41) is 0. The number of rotatable bonds is 3. The molecule has 2 saturated heterocycles. The van der Waals surface area contributed by atoms with Gasteiger partial charge in [-0.2, -0.15) is 4.31 Å².